The molecule has 7 heteroatoms. The number of rotatable bonds is 6. The van der Waals surface area contributed by atoms with E-state index in [0.29, 0.717) is 17.1 Å². The number of fused-ring (bicyclic) bond motifs is 3. The predicted molar refractivity (Wildman–Crippen MR) is 135 cm³/mol. The number of carbonyl (C=O) groups excluding carboxylic acids is 1. The molecule has 2 aromatic heterocycles. The maximum atomic E-state index is 13.5. The van der Waals surface area contributed by atoms with Gasteiger partial charge in [-0.25, -0.2) is 4.68 Å². The zero-order valence-electron chi connectivity index (χ0n) is 18.6. The lowest BCUT2D eigenvalue weighted by atomic mass is 10.1. The third-order valence-electron chi connectivity index (χ3n) is 5.97. The Balaban J connectivity index is 1.52. The Morgan fingerprint density at radius 1 is 1.00 bits per heavy atom. The van der Waals surface area contributed by atoms with Crippen molar-refractivity contribution < 1.29 is 4.79 Å². The van der Waals surface area contributed by atoms with Gasteiger partial charge in [0.05, 0.1) is 12.2 Å². The Bertz CT molecular complexity index is 1560. The SMILES string of the molecule is C[C@@H](NC(=O)Cn1ncc2c3ccccc3n(Cc3cccc(Cl)c3)c2c1=O)c1ccccc1. The van der Waals surface area contributed by atoms with Crippen LogP contribution in [0.5, 0.6) is 0 Å². The van der Waals surface area contributed by atoms with Crippen molar-refractivity contribution in [2.24, 2.45) is 0 Å². The quantitative estimate of drug-likeness (QED) is 0.382. The lowest BCUT2D eigenvalue weighted by Gasteiger charge is -2.14. The third-order valence-corrected chi connectivity index (χ3v) is 6.21. The van der Waals surface area contributed by atoms with Gasteiger partial charge >= 0.3 is 0 Å². The number of nitrogens with zero attached hydrogens (tertiary/aromatic N) is 3. The molecule has 3 aromatic carbocycles. The summed E-state index contributed by atoms with van der Waals surface area (Å²) in [5.74, 6) is -0.275. The van der Waals surface area contributed by atoms with Crippen LogP contribution in [0, 0.1) is 0 Å². The zero-order chi connectivity index (χ0) is 23.7. The fourth-order valence-electron chi connectivity index (χ4n) is 4.34. The molecule has 0 aliphatic heterocycles. The van der Waals surface area contributed by atoms with Crippen molar-refractivity contribution in [2.45, 2.75) is 26.1 Å². The maximum Gasteiger partial charge on any atom is 0.291 e. The van der Waals surface area contributed by atoms with Gasteiger partial charge < -0.3 is 9.88 Å². The number of para-hydroxylation sites is 1. The molecule has 0 bridgehead atoms. The van der Waals surface area contributed by atoms with Crippen LogP contribution in [0.25, 0.3) is 21.8 Å². The van der Waals surface area contributed by atoms with Crippen LogP contribution >= 0.6 is 11.6 Å². The van der Waals surface area contributed by atoms with Gasteiger partial charge in [-0.1, -0.05) is 72.3 Å². The lowest BCUT2D eigenvalue weighted by Crippen LogP contribution is -2.35. The highest BCUT2D eigenvalue weighted by molar-refractivity contribution is 6.30. The molecule has 1 amide bonds. The summed E-state index contributed by atoms with van der Waals surface area (Å²) in [6.45, 7) is 2.22. The van der Waals surface area contributed by atoms with Crippen LogP contribution in [-0.4, -0.2) is 20.3 Å². The summed E-state index contributed by atoms with van der Waals surface area (Å²) in [6.07, 6.45) is 1.67. The van der Waals surface area contributed by atoms with E-state index in [1.165, 1.54) is 4.68 Å². The first-order valence-corrected chi connectivity index (χ1v) is 11.4. The normalized spacial score (nSPS) is 12.2. The number of halogens is 1. The van der Waals surface area contributed by atoms with Crippen molar-refractivity contribution in [3.05, 3.63) is 112 Å². The van der Waals surface area contributed by atoms with Gasteiger partial charge in [0.15, 0.2) is 0 Å². The summed E-state index contributed by atoms with van der Waals surface area (Å²) in [7, 11) is 0. The highest BCUT2D eigenvalue weighted by atomic mass is 35.5. The average Bonchev–Trinajstić information content (AvgIpc) is 3.15. The molecule has 5 aromatic rings. The topological polar surface area (TPSA) is 68.9 Å². The number of amides is 1. The second-order valence-corrected chi connectivity index (χ2v) is 8.74. The van der Waals surface area contributed by atoms with Gasteiger partial charge in [0.1, 0.15) is 12.1 Å². The van der Waals surface area contributed by atoms with E-state index in [2.05, 4.69) is 10.4 Å². The standard InChI is InChI=1S/C27H23ClN4O2/c1-18(20-9-3-2-4-10-20)30-25(33)17-32-27(34)26-23(15-29-32)22-12-5-6-13-24(22)31(26)16-19-8-7-11-21(28)14-19/h2-15,18H,16-17H2,1H3,(H,30,33)/t18-/m1/s1. The van der Waals surface area contributed by atoms with Crippen molar-refractivity contribution >= 4 is 39.3 Å². The van der Waals surface area contributed by atoms with E-state index < -0.39 is 0 Å². The molecule has 170 valence electrons. The van der Waals surface area contributed by atoms with Crippen molar-refractivity contribution in [3.63, 3.8) is 0 Å². The van der Waals surface area contributed by atoms with Crippen molar-refractivity contribution in [2.75, 3.05) is 0 Å². The van der Waals surface area contributed by atoms with E-state index in [9.17, 15) is 9.59 Å². The van der Waals surface area contributed by atoms with Crippen LogP contribution in [0.15, 0.2) is 89.9 Å². The molecule has 1 atom stereocenters. The van der Waals surface area contributed by atoms with Crippen molar-refractivity contribution in [1.29, 1.82) is 0 Å². The molecular weight excluding hydrogens is 448 g/mol. The molecule has 0 aliphatic rings. The second-order valence-electron chi connectivity index (χ2n) is 8.30. The lowest BCUT2D eigenvalue weighted by molar-refractivity contribution is -0.122. The number of benzene rings is 3. The molecule has 6 nitrogen and oxygen atoms in total. The van der Waals surface area contributed by atoms with Gasteiger partial charge in [0.2, 0.25) is 5.91 Å². The predicted octanol–water partition coefficient (Wildman–Crippen LogP) is 4.93. The molecule has 0 fully saturated rings. The van der Waals surface area contributed by atoms with E-state index in [1.807, 2.05) is 90.4 Å². The number of hydrogen-bond donors (Lipinski definition) is 1. The zero-order valence-corrected chi connectivity index (χ0v) is 19.4. The van der Waals surface area contributed by atoms with Gasteiger partial charge in [0.25, 0.3) is 5.56 Å². The summed E-state index contributed by atoms with van der Waals surface area (Å²) < 4.78 is 3.20. The average molecular weight is 471 g/mol. The molecule has 0 saturated carbocycles. The minimum Gasteiger partial charge on any atom is -0.348 e. The fourth-order valence-corrected chi connectivity index (χ4v) is 4.55. The maximum absolute atomic E-state index is 13.5. The fraction of sp³-hybridized carbons (Fsp3) is 0.148. The molecule has 0 unspecified atom stereocenters. The molecule has 1 N–H and O–H groups in total. The van der Waals surface area contributed by atoms with Crippen LogP contribution in [0.2, 0.25) is 5.02 Å². The molecule has 0 spiro atoms. The number of aromatic nitrogens is 3. The van der Waals surface area contributed by atoms with Gasteiger partial charge in [-0.3, -0.25) is 9.59 Å². The van der Waals surface area contributed by atoms with Crippen LogP contribution in [0.3, 0.4) is 0 Å². The van der Waals surface area contributed by atoms with Crippen molar-refractivity contribution in [3.8, 4) is 0 Å². The summed E-state index contributed by atoms with van der Waals surface area (Å²) in [6, 6.07) is 24.9. The number of carbonyl (C=O) groups is 1. The Hall–Kier alpha value is -3.90. The monoisotopic (exact) mass is 470 g/mol. The number of hydrogen-bond acceptors (Lipinski definition) is 3. The molecular formula is C27H23ClN4O2. The van der Waals surface area contributed by atoms with Gasteiger partial charge in [-0.15, -0.1) is 0 Å². The Kier molecular flexibility index (Phi) is 5.90. The summed E-state index contributed by atoms with van der Waals surface area (Å²) >= 11 is 6.19. The minimum absolute atomic E-state index is 0.162. The van der Waals surface area contributed by atoms with Gasteiger partial charge in [0, 0.05) is 27.9 Å². The summed E-state index contributed by atoms with van der Waals surface area (Å²) in [5, 5.41) is 9.61. The van der Waals surface area contributed by atoms with Crippen LogP contribution in [0.4, 0.5) is 0 Å². The Morgan fingerprint density at radius 2 is 1.76 bits per heavy atom. The Labute approximate surface area is 201 Å². The third kappa shape index (κ3) is 4.20. The van der Waals surface area contributed by atoms with Crippen LogP contribution in [0.1, 0.15) is 24.1 Å². The smallest absolute Gasteiger partial charge is 0.291 e. The molecule has 0 radical (unpaired) electrons. The van der Waals surface area contributed by atoms with E-state index in [4.69, 9.17) is 11.6 Å². The van der Waals surface area contributed by atoms with E-state index >= 15 is 0 Å². The highest BCUT2D eigenvalue weighted by Gasteiger charge is 2.18. The van der Waals surface area contributed by atoms with Gasteiger partial charge in [-0.2, -0.15) is 5.10 Å². The van der Waals surface area contributed by atoms with E-state index in [0.717, 1.165) is 27.4 Å². The minimum atomic E-state index is -0.307. The van der Waals surface area contributed by atoms with E-state index in [1.54, 1.807) is 6.20 Å². The number of nitrogens with one attached hydrogen (secondary N) is 1. The van der Waals surface area contributed by atoms with Crippen LogP contribution in [-0.2, 0) is 17.9 Å². The second kappa shape index (κ2) is 9.15. The first-order valence-electron chi connectivity index (χ1n) is 11.1. The molecule has 0 saturated heterocycles. The first-order chi connectivity index (χ1) is 16.5. The van der Waals surface area contributed by atoms with Gasteiger partial charge in [-0.05, 0) is 36.2 Å². The molecule has 34 heavy (non-hydrogen) atoms. The van der Waals surface area contributed by atoms with Crippen LogP contribution < -0.4 is 10.9 Å². The Morgan fingerprint density at radius 3 is 2.56 bits per heavy atom. The molecule has 5 rings (SSSR count). The molecule has 2 heterocycles. The van der Waals surface area contributed by atoms with Crippen molar-refractivity contribution in [1.82, 2.24) is 19.7 Å². The largest absolute Gasteiger partial charge is 0.348 e. The highest BCUT2D eigenvalue weighted by Crippen LogP contribution is 2.27. The summed E-state index contributed by atoms with van der Waals surface area (Å²) in [5.41, 5.74) is 3.11. The first kappa shape index (κ1) is 21.9. The van der Waals surface area contributed by atoms with E-state index in [-0.39, 0.29) is 24.1 Å². The molecule has 0 aliphatic carbocycles. The summed E-state index contributed by atoms with van der Waals surface area (Å²) in [4.78, 5) is 26.3.